The van der Waals surface area contributed by atoms with Gasteiger partial charge in [0.1, 0.15) is 11.6 Å². The number of rotatable bonds is 5. The van der Waals surface area contributed by atoms with E-state index in [0.29, 0.717) is 5.56 Å². The van der Waals surface area contributed by atoms with Gasteiger partial charge < -0.3 is 15.2 Å². The van der Waals surface area contributed by atoms with Gasteiger partial charge in [-0.1, -0.05) is 24.3 Å². The van der Waals surface area contributed by atoms with Crippen molar-refractivity contribution in [2.24, 2.45) is 0 Å². The van der Waals surface area contributed by atoms with Gasteiger partial charge >= 0.3 is 18.2 Å². The first-order chi connectivity index (χ1) is 11.8. The van der Waals surface area contributed by atoms with Gasteiger partial charge in [0.05, 0.1) is 5.56 Å². The number of carbonyl (C=O) groups excluding carboxylic acids is 1. The Balaban J connectivity index is 3.14. The van der Waals surface area contributed by atoms with E-state index in [4.69, 9.17) is 4.74 Å². The van der Waals surface area contributed by atoms with Crippen LogP contribution in [0.25, 0.3) is 0 Å². The average molecular weight is 373 g/mol. The number of alkyl carbamates (subject to hydrolysis) is 1. The standard InChI is InChI=1S/C18H22F3NO4/c1-5-6-13(11-7-9-12(10-8-11)18(19,20)21)14(15(23)24)22-16(25)26-17(2,3)4/h5-10,13-14H,1-4H3,(H,22,25)(H,23,24)/b6-5+/t13-,14-/m1/s1. The lowest BCUT2D eigenvalue weighted by molar-refractivity contribution is -0.140. The average Bonchev–Trinajstić information content (AvgIpc) is 2.48. The predicted molar refractivity (Wildman–Crippen MR) is 89.8 cm³/mol. The Morgan fingerprint density at radius 2 is 1.69 bits per heavy atom. The molecule has 0 saturated carbocycles. The minimum Gasteiger partial charge on any atom is -0.480 e. The summed E-state index contributed by atoms with van der Waals surface area (Å²) in [6, 6.07) is 2.73. The molecule has 1 aromatic rings. The Morgan fingerprint density at radius 1 is 1.15 bits per heavy atom. The van der Waals surface area contributed by atoms with Gasteiger partial charge in [-0.05, 0) is 45.4 Å². The highest BCUT2D eigenvalue weighted by Crippen LogP contribution is 2.31. The lowest BCUT2D eigenvalue weighted by atomic mass is 9.90. The Kier molecular flexibility index (Phi) is 6.83. The van der Waals surface area contributed by atoms with E-state index in [1.54, 1.807) is 33.8 Å². The highest BCUT2D eigenvalue weighted by atomic mass is 19.4. The number of carbonyl (C=O) groups is 2. The van der Waals surface area contributed by atoms with Crippen molar-refractivity contribution in [3.63, 3.8) is 0 Å². The van der Waals surface area contributed by atoms with E-state index >= 15 is 0 Å². The zero-order valence-electron chi connectivity index (χ0n) is 14.9. The number of benzene rings is 1. The first-order valence-electron chi connectivity index (χ1n) is 7.87. The molecule has 1 amide bonds. The van der Waals surface area contributed by atoms with Crippen molar-refractivity contribution in [2.45, 2.75) is 51.4 Å². The summed E-state index contributed by atoms with van der Waals surface area (Å²) in [6.07, 6.45) is -2.35. The van der Waals surface area contributed by atoms with Gasteiger partial charge in [0, 0.05) is 5.92 Å². The maximum atomic E-state index is 12.7. The fourth-order valence-electron chi connectivity index (χ4n) is 2.26. The van der Waals surface area contributed by atoms with Crippen molar-refractivity contribution >= 4 is 12.1 Å². The smallest absolute Gasteiger partial charge is 0.416 e. The summed E-state index contributed by atoms with van der Waals surface area (Å²) in [6.45, 7) is 6.52. The second-order valence-corrected chi connectivity index (χ2v) is 6.63. The maximum Gasteiger partial charge on any atom is 0.416 e. The van der Waals surface area contributed by atoms with Crippen LogP contribution in [0.15, 0.2) is 36.4 Å². The number of alkyl halides is 3. The minimum absolute atomic E-state index is 0.319. The van der Waals surface area contributed by atoms with Gasteiger partial charge in [0.15, 0.2) is 0 Å². The third-order valence-electron chi connectivity index (χ3n) is 3.32. The highest BCUT2D eigenvalue weighted by Gasteiger charge is 2.33. The monoisotopic (exact) mass is 373 g/mol. The molecule has 5 nitrogen and oxygen atoms in total. The number of ether oxygens (including phenoxy) is 1. The van der Waals surface area contributed by atoms with Crippen LogP contribution in [0.5, 0.6) is 0 Å². The van der Waals surface area contributed by atoms with Gasteiger partial charge in [0.2, 0.25) is 0 Å². The van der Waals surface area contributed by atoms with E-state index in [0.717, 1.165) is 12.1 Å². The molecule has 0 bridgehead atoms. The number of hydrogen-bond acceptors (Lipinski definition) is 3. The van der Waals surface area contributed by atoms with Crippen molar-refractivity contribution in [1.82, 2.24) is 5.32 Å². The fraction of sp³-hybridized carbons (Fsp3) is 0.444. The first-order valence-corrected chi connectivity index (χ1v) is 7.87. The van der Waals surface area contributed by atoms with Gasteiger partial charge in [-0.3, -0.25) is 0 Å². The molecule has 1 aromatic carbocycles. The molecule has 1 rings (SSSR count). The Labute approximate surface area is 149 Å². The van der Waals surface area contributed by atoms with Gasteiger partial charge in [-0.25, -0.2) is 9.59 Å². The quantitative estimate of drug-likeness (QED) is 0.753. The summed E-state index contributed by atoms with van der Waals surface area (Å²) < 4.78 is 43.2. The first kappa shape index (κ1) is 21.5. The fourth-order valence-corrected chi connectivity index (χ4v) is 2.26. The summed E-state index contributed by atoms with van der Waals surface area (Å²) in [4.78, 5) is 23.6. The van der Waals surface area contributed by atoms with E-state index in [-0.39, 0.29) is 0 Å². The second kappa shape index (κ2) is 8.25. The molecule has 0 saturated heterocycles. The molecule has 0 fully saturated rings. The van der Waals surface area contributed by atoms with Gasteiger partial charge in [-0.15, -0.1) is 0 Å². The molecule has 8 heteroatoms. The molecule has 2 atom stereocenters. The summed E-state index contributed by atoms with van der Waals surface area (Å²) in [5.74, 6) is -2.20. The SMILES string of the molecule is C/C=C/[C@H](c1ccc(C(F)(F)F)cc1)[C@@H](NC(=O)OC(C)(C)C)C(=O)O. The van der Waals surface area contributed by atoms with Crippen LogP contribution < -0.4 is 5.32 Å². The molecule has 0 aliphatic rings. The molecule has 0 spiro atoms. The van der Waals surface area contributed by atoms with Gasteiger partial charge in [-0.2, -0.15) is 13.2 Å². The molecule has 144 valence electrons. The largest absolute Gasteiger partial charge is 0.480 e. The number of carboxylic acid groups (broad SMARTS) is 1. The molecule has 0 radical (unpaired) electrons. The molecule has 0 aliphatic carbocycles. The molecule has 0 unspecified atom stereocenters. The van der Waals surface area contributed by atoms with Crippen LogP contribution in [0.3, 0.4) is 0 Å². The van der Waals surface area contributed by atoms with Crippen molar-refractivity contribution in [2.75, 3.05) is 0 Å². The number of amides is 1. The topological polar surface area (TPSA) is 75.6 Å². The summed E-state index contributed by atoms with van der Waals surface area (Å²) in [5, 5.41) is 11.7. The molecule has 26 heavy (non-hydrogen) atoms. The molecule has 0 heterocycles. The maximum absolute atomic E-state index is 12.7. The Bertz CT molecular complexity index is 660. The Hall–Kier alpha value is -2.51. The number of hydrogen-bond donors (Lipinski definition) is 2. The summed E-state index contributed by atoms with van der Waals surface area (Å²) in [7, 11) is 0. The molecular weight excluding hydrogens is 351 g/mol. The van der Waals surface area contributed by atoms with Crippen molar-refractivity contribution in [3.8, 4) is 0 Å². The lowest BCUT2D eigenvalue weighted by Gasteiger charge is -2.25. The van der Waals surface area contributed by atoms with Crippen LogP contribution in [-0.2, 0) is 15.7 Å². The summed E-state index contributed by atoms with van der Waals surface area (Å²) >= 11 is 0. The van der Waals surface area contributed by atoms with Crippen LogP contribution in [0.4, 0.5) is 18.0 Å². The number of aliphatic carboxylic acids is 1. The van der Waals surface area contributed by atoms with E-state index < -0.39 is 41.4 Å². The summed E-state index contributed by atoms with van der Waals surface area (Å²) in [5.41, 5.74) is -1.34. The van der Waals surface area contributed by atoms with Crippen LogP contribution in [0.1, 0.15) is 44.7 Å². The van der Waals surface area contributed by atoms with E-state index in [9.17, 15) is 27.9 Å². The van der Waals surface area contributed by atoms with Crippen LogP contribution in [0, 0.1) is 0 Å². The van der Waals surface area contributed by atoms with E-state index in [1.807, 2.05) is 0 Å². The van der Waals surface area contributed by atoms with Crippen LogP contribution in [0.2, 0.25) is 0 Å². The van der Waals surface area contributed by atoms with Crippen LogP contribution in [-0.4, -0.2) is 28.8 Å². The molecule has 0 aromatic heterocycles. The highest BCUT2D eigenvalue weighted by molar-refractivity contribution is 5.81. The minimum atomic E-state index is -4.49. The van der Waals surface area contributed by atoms with E-state index in [1.165, 1.54) is 18.2 Å². The predicted octanol–water partition coefficient (Wildman–Crippen LogP) is 4.34. The normalized spacial score (nSPS) is 14.7. The van der Waals surface area contributed by atoms with Crippen molar-refractivity contribution in [1.29, 1.82) is 0 Å². The zero-order valence-corrected chi connectivity index (χ0v) is 14.9. The molecule has 2 N–H and O–H groups in total. The third-order valence-corrected chi connectivity index (χ3v) is 3.32. The van der Waals surface area contributed by atoms with E-state index in [2.05, 4.69) is 5.32 Å². The van der Waals surface area contributed by atoms with Crippen molar-refractivity contribution < 1.29 is 32.6 Å². The number of carboxylic acids is 1. The number of nitrogens with one attached hydrogen (secondary N) is 1. The zero-order chi connectivity index (χ0) is 20.1. The third kappa shape index (κ3) is 6.42. The van der Waals surface area contributed by atoms with Crippen molar-refractivity contribution in [3.05, 3.63) is 47.5 Å². The second-order valence-electron chi connectivity index (χ2n) is 6.63. The lowest BCUT2D eigenvalue weighted by Crippen LogP contribution is -2.46. The molecular formula is C18H22F3NO4. The Morgan fingerprint density at radius 3 is 2.08 bits per heavy atom. The van der Waals surface area contributed by atoms with Crippen LogP contribution >= 0.6 is 0 Å². The van der Waals surface area contributed by atoms with Gasteiger partial charge in [0.25, 0.3) is 0 Å². The molecule has 0 aliphatic heterocycles. The number of allylic oxidation sites excluding steroid dienone is 1. The number of halogens is 3.